The molecule has 4 nitrogen and oxygen atoms in total. The summed E-state index contributed by atoms with van der Waals surface area (Å²) in [5.41, 5.74) is 1.01. The van der Waals surface area contributed by atoms with Crippen molar-refractivity contribution in [1.82, 2.24) is 10.2 Å². The molecule has 0 aliphatic heterocycles. The van der Waals surface area contributed by atoms with Crippen LogP contribution in [0.15, 0.2) is 12.1 Å². The predicted molar refractivity (Wildman–Crippen MR) is 56.1 cm³/mol. The molecule has 0 bridgehead atoms. The summed E-state index contributed by atoms with van der Waals surface area (Å²) in [6, 6.07) is 3.85. The van der Waals surface area contributed by atoms with Crippen molar-refractivity contribution in [2.45, 2.75) is 20.3 Å². The Kier molecular flexibility index (Phi) is 4.32. The van der Waals surface area contributed by atoms with Crippen LogP contribution in [0.2, 0.25) is 0 Å². The van der Waals surface area contributed by atoms with Gasteiger partial charge in [0.15, 0.2) is 0 Å². The van der Waals surface area contributed by atoms with Gasteiger partial charge in [0, 0.05) is 6.54 Å². The maximum Gasteiger partial charge on any atom is 0.148 e. The molecule has 1 rings (SSSR count). The molecule has 4 heteroatoms. The fraction of sp³-hybridized carbons (Fsp3) is 0.600. The molecule has 78 valence electrons. The number of hydrogen-bond donors (Lipinski definition) is 2. The standard InChI is InChI=1S/C10H17N3O/c1-8(2)7-9-3-4-10(13-12-9)11-5-6-14/h3-4,8,14H,5-7H2,1-2H3,(H,11,13). The molecule has 0 saturated carbocycles. The van der Waals surface area contributed by atoms with E-state index in [0.717, 1.165) is 12.1 Å². The first-order valence-electron chi connectivity index (χ1n) is 4.89. The van der Waals surface area contributed by atoms with Crippen LogP contribution in [-0.4, -0.2) is 28.5 Å². The number of rotatable bonds is 5. The number of nitrogens with zero attached hydrogens (tertiary/aromatic N) is 2. The zero-order valence-electron chi connectivity index (χ0n) is 8.70. The molecular formula is C10H17N3O. The highest BCUT2D eigenvalue weighted by atomic mass is 16.3. The Morgan fingerprint density at radius 3 is 2.64 bits per heavy atom. The lowest BCUT2D eigenvalue weighted by Crippen LogP contribution is -2.08. The average molecular weight is 195 g/mol. The fourth-order valence-corrected chi connectivity index (χ4v) is 1.17. The summed E-state index contributed by atoms with van der Waals surface area (Å²) in [6.45, 7) is 4.92. The van der Waals surface area contributed by atoms with Crippen LogP contribution in [0.25, 0.3) is 0 Å². The van der Waals surface area contributed by atoms with Gasteiger partial charge in [-0.15, -0.1) is 5.10 Å². The maximum absolute atomic E-state index is 8.59. The number of aliphatic hydroxyl groups is 1. The smallest absolute Gasteiger partial charge is 0.148 e. The third kappa shape index (κ3) is 3.70. The lowest BCUT2D eigenvalue weighted by atomic mass is 10.1. The molecule has 0 aromatic carbocycles. The van der Waals surface area contributed by atoms with Gasteiger partial charge in [0.25, 0.3) is 0 Å². The molecule has 2 N–H and O–H groups in total. The van der Waals surface area contributed by atoms with E-state index in [1.807, 2.05) is 12.1 Å². The molecule has 0 fully saturated rings. The Hall–Kier alpha value is -1.16. The molecule has 0 amide bonds. The highest BCUT2D eigenvalue weighted by molar-refractivity contribution is 5.32. The maximum atomic E-state index is 8.59. The summed E-state index contributed by atoms with van der Waals surface area (Å²) in [4.78, 5) is 0. The third-order valence-corrected chi connectivity index (χ3v) is 1.76. The SMILES string of the molecule is CC(C)Cc1ccc(NCCO)nn1. The first kappa shape index (κ1) is 10.9. The van der Waals surface area contributed by atoms with E-state index < -0.39 is 0 Å². The summed E-state index contributed by atoms with van der Waals surface area (Å²) in [5, 5.41) is 19.6. The quantitative estimate of drug-likeness (QED) is 0.738. The molecule has 1 aromatic rings. The van der Waals surface area contributed by atoms with E-state index in [1.54, 1.807) is 0 Å². The van der Waals surface area contributed by atoms with Crippen LogP contribution in [-0.2, 0) is 6.42 Å². The molecule has 0 unspecified atom stereocenters. The highest BCUT2D eigenvalue weighted by Gasteiger charge is 2.00. The summed E-state index contributed by atoms with van der Waals surface area (Å²) < 4.78 is 0. The first-order chi connectivity index (χ1) is 6.72. The molecule has 0 aliphatic carbocycles. The van der Waals surface area contributed by atoms with E-state index >= 15 is 0 Å². The summed E-state index contributed by atoms with van der Waals surface area (Å²) in [5.74, 6) is 1.31. The number of aromatic nitrogens is 2. The Morgan fingerprint density at radius 2 is 2.14 bits per heavy atom. The molecule has 0 atom stereocenters. The normalized spacial score (nSPS) is 10.6. The van der Waals surface area contributed by atoms with Gasteiger partial charge in [0.05, 0.1) is 12.3 Å². The van der Waals surface area contributed by atoms with Crippen molar-refractivity contribution < 1.29 is 5.11 Å². The van der Waals surface area contributed by atoms with Crippen LogP contribution in [0, 0.1) is 5.92 Å². The first-order valence-corrected chi connectivity index (χ1v) is 4.89. The zero-order chi connectivity index (χ0) is 10.4. The van der Waals surface area contributed by atoms with Crippen LogP contribution in [0.1, 0.15) is 19.5 Å². The van der Waals surface area contributed by atoms with Gasteiger partial charge in [-0.1, -0.05) is 13.8 Å². The lowest BCUT2D eigenvalue weighted by Gasteiger charge is -2.05. The van der Waals surface area contributed by atoms with Gasteiger partial charge in [-0.2, -0.15) is 5.10 Å². The van der Waals surface area contributed by atoms with E-state index in [9.17, 15) is 0 Å². The second kappa shape index (κ2) is 5.54. The van der Waals surface area contributed by atoms with Crippen molar-refractivity contribution in [1.29, 1.82) is 0 Å². The number of nitrogens with one attached hydrogen (secondary N) is 1. The van der Waals surface area contributed by atoms with E-state index in [-0.39, 0.29) is 6.61 Å². The second-order valence-electron chi connectivity index (χ2n) is 3.66. The Balaban J connectivity index is 2.50. The molecule has 0 spiro atoms. The van der Waals surface area contributed by atoms with Crippen molar-refractivity contribution in [3.05, 3.63) is 17.8 Å². The minimum atomic E-state index is 0.107. The van der Waals surface area contributed by atoms with Crippen molar-refractivity contribution >= 4 is 5.82 Å². The van der Waals surface area contributed by atoms with Gasteiger partial charge in [-0.05, 0) is 24.5 Å². The van der Waals surface area contributed by atoms with Gasteiger partial charge >= 0.3 is 0 Å². The fourth-order valence-electron chi connectivity index (χ4n) is 1.17. The Morgan fingerprint density at radius 1 is 1.36 bits per heavy atom. The second-order valence-corrected chi connectivity index (χ2v) is 3.66. The van der Waals surface area contributed by atoms with Gasteiger partial charge in [-0.3, -0.25) is 0 Å². The molecule has 0 aliphatic rings. The van der Waals surface area contributed by atoms with E-state index in [4.69, 9.17) is 5.11 Å². The zero-order valence-corrected chi connectivity index (χ0v) is 8.70. The number of aliphatic hydroxyl groups excluding tert-OH is 1. The third-order valence-electron chi connectivity index (χ3n) is 1.76. The predicted octanol–water partition coefficient (Wildman–Crippen LogP) is 1.08. The molecular weight excluding hydrogens is 178 g/mol. The van der Waals surface area contributed by atoms with Crippen LogP contribution >= 0.6 is 0 Å². The topological polar surface area (TPSA) is 58.0 Å². The number of hydrogen-bond acceptors (Lipinski definition) is 4. The summed E-state index contributed by atoms with van der Waals surface area (Å²) in [7, 11) is 0. The summed E-state index contributed by atoms with van der Waals surface area (Å²) >= 11 is 0. The lowest BCUT2D eigenvalue weighted by molar-refractivity contribution is 0.311. The minimum Gasteiger partial charge on any atom is -0.395 e. The minimum absolute atomic E-state index is 0.107. The van der Waals surface area contributed by atoms with Gasteiger partial charge in [0.2, 0.25) is 0 Å². The van der Waals surface area contributed by atoms with Crippen molar-refractivity contribution in [3.8, 4) is 0 Å². The van der Waals surface area contributed by atoms with E-state index in [2.05, 4.69) is 29.4 Å². The molecule has 0 saturated heterocycles. The Labute approximate surface area is 84.4 Å². The van der Waals surface area contributed by atoms with Crippen LogP contribution < -0.4 is 5.32 Å². The van der Waals surface area contributed by atoms with Crippen molar-refractivity contribution in [2.24, 2.45) is 5.92 Å². The average Bonchev–Trinajstić information content (AvgIpc) is 2.16. The monoisotopic (exact) mass is 195 g/mol. The van der Waals surface area contributed by atoms with Crippen LogP contribution in [0.5, 0.6) is 0 Å². The van der Waals surface area contributed by atoms with Crippen LogP contribution in [0.4, 0.5) is 5.82 Å². The molecule has 0 radical (unpaired) electrons. The van der Waals surface area contributed by atoms with E-state index in [0.29, 0.717) is 18.3 Å². The number of anilines is 1. The van der Waals surface area contributed by atoms with E-state index in [1.165, 1.54) is 0 Å². The van der Waals surface area contributed by atoms with Gasteiger partial charge in [0.1, 0.15) is 5.82 Å². The molecule has 1 aromatic heterocycles. The van der Waals surface area contributed by atoms with Crippen LogP contribution in [0.3, 0.4) is 0 Å². The summed E-state index contributed by atoms with van der Waals surface area (Å²) in [6.07, 6.45) is 0.952. The highest BCUT2D eigenvalue weighted by Crippen LogP contribution is 2.06. The molecule has 1 heterocycles. The van der Waals surface area contributed by atoms with Gasteiger partial charge < -0.3 is 10.4 Å². The molecule has 14 heavy (non-hydrogen) atoms. The Bertz CT molecular complexity index is 259. The van der Waals surface area contributed by atoms with Crippen molar-refractivity contribution in [2.75, 3.05) is 18.5 Å². The van der Waals surface area contributed by atoms with Gasteiger partial charge in [-0.25, -0.2) is 0 Å². The largest absolute Gasteiger partial charge is 0.395 e. The van der Waals surface area contributed by atoms with Crippen molar-refractivity contribution in [3.63, 3.8) is 0 Å².